The third-order valence-corrected chi connectivity index (χ3v) is 2.58. The number of halogens is 4. The minimum atomic E-state index is -4.56. The van der Waals surface area contributed by atoms with Crippen LogP contribution in [0.3, 0.4) is 0 Å². The zero-order valence-corrected chi connectivity index (χ0v) is 10.4. The van der Waals surface area contributed by atoms with Crippen molar-refractivity contribution in [1.29, 1.82) is 0 Å². The molecule has 0 aromatic heterocycles. The van der Waals surface area contributed by atoms with Gasteiger partial charge in [0.1, 0.15) is 5.82 Å². The fourth-order valence-corrected chi connectivity index (χ4v) is 1.37. The summed E-state index contributed by atoms with van der Waals surface area (Å²) in [6.45, 7) is -0.0333. The number of ether oxygens (including phenoxy) is 1. The number of carbonyl (C=O) groups is 1. The second-order valence-corrected chi connectivity index (χ2v) is 4.01. The Morgan fingerprint density at radius 3 is 2.32 bits per heavy atom. The molecule has 1 unspecified atom stereocenters. The number of carbonyl (C=O) groups excluding carboxylic acids is 1. The number of hydrogen-bond donors (Lipinski definition) is 0. The highest BCUT2D eigenvalue weighted by Crippen LogP contribution is 2.21. The summed E-state index contributed by atoms with van der Waals surface area (Å²) in [5, 5.41) is 0. The highest BCUT2D eigenvalue weighted by atomic mass is 19.4. The molecular weight excluding hydrogens is 266 g/mol. The average Bonchev–Trinajstić information content (AvgIpc) is 2.34. The lowest BCUT2D eigenvalue weighted by atomic mass is 10.1. The molecule has 1 aromatic carbocycles. The molecule has 0 aliphatic carbocycles. The summed E-state index contributed by atoms with van der Waals surface area (Å²) in [6.07, 6.45) is -5.65. The zero-order valence-electron chi connectivity index (χ0n) is 10.4. The number of amides is 1. The van der Waals surface area contributed by atoms with Gasteiger partial charge in [0.2, 0.25) is 0 Å². The van der Waals surface area contributed by atoms with Gasteiger partial charge in [-0.3, -0.25) is 0 Å². The van der Waals surface area contributed by atoms with E-state index in [2.05, 4.69) is 4.74 Å². The second kappa shape index (κ2) is 5.90. The Balaban J connectivity index is 2.63. The van der Waals surface area contributed by atoms with E-state index in [9.17, 15) is 22.4 Å². The van der Waals surface area contributed by atoms with Gasteiger partial charge >= 0.3 is 12.3 Å². The van der Waals surface area contributed by atoms with Crippen LogP contribution in [0.15, 0.2) is 24.3 Å². The van der Waals surface area contributed by atoms with Crippen molar-refractivity contribution in [2.75, 3.05) is 13.7 Å². The molecule has 1 aromatic rings. The Labute approximate surface area is 107 Å². The van der Waals surface area contributed by atoms with E-state index < -0.39 is 30.7 Å². The Kier molecular flexibility index (Phi) is 4.74. The topological polar surface area (TPSA) is 29.5 Å². The summed E-state index contributed by atoms with van der Waals surface area (Å²) in [6, 6.07) is 4.80. The molecule has 3 nitrogen and oxygen atoms in total. The van der Waals surface area contributed by atoms with Crippen LogP contribution in [0.4, 0.5) is 22.4 Å². The van der Waals surface area contributed by atoms with Crippen molar-refractivity contribution in [2.24, 2.45) is 0 Å². The molecule has 1 amide bonds. The van der Waals surface area contributed by atoms with E-state index in [4.69, 9.17) is 0 Å². The molecule has 0 bridgehead atoms. The van der Waals surface area contributed by atoms with Crippen LogP contribution in [0, 0.1) is 5.82 Å². The first-order chi connectivity index (χ1) is 8.70. The third kappa shape index (κ3) is 4.76. The van der Waals surface area contributed by atoms with Crippen LogP contribution < -0.4 is 0 Å². The van der Waals surface area contributed by atoms with Crippen molar-refractivity contribution in [1.82, 2.24) is 4.90 Å². The monoisotopic (exact) mass is 279 g/mol. The lowest BCUT2D eigenvalue weighted by Crippen LogP contribution is -2.33. The molecule has 0 heterocycles. The van der Waals surface area contributed by atoms with E-state index in [0.29, 0.717) is 5.56 Å². The Morgan fingerprint density at radius 1 is 1.32 bits per heavy atom. The summed E-state index contributed by atoms with van der Waals surface area (Å²) in [5.41, 5.74) is 0.591. The Morgan fingerprint density at radius 2 is 1.84 bits per heavy atom. The molecule has 7 heteroatoms. The molecule has 0 fully saturated rings. The fourth-order valence-electron chi connectivity index (χ4n) is 1.37. The van der Waals surface area contributed by atoms with E-state index in [0.717, 1.165) is 4.90 Å². The normalized spacial score (nSPS) is 12.9. The summed E-state index contributed by atoms with van der Waals surface area (Å²) >= 11 is 0. The van der Waals surface area contributed by atoms with Crippen LogP contribution >= 0.6 is 0 Å². The first-order valence-electron chi connectivity index (χ1n) is 5.42. The summed E-state index contributed by atoms with van der Waals surface area (Å²) in [4.78, 5) is 12.4. The predicted molar refractivity (Wildman–Crippen MR) is 60.0 cm³/mol. The fraction of sp³-hybridized carbons (Fsp3) is 0.417. The minimum Gasteiger partial charge on any atom is -0.440 e. The van der Waals surface area contributed by atoms with Gasteiger partial charge < -0.3 is 9.64 Å². The smallest absolute Gasteiger partial charge is 0.422 e. The van der Waals surface area contributed by atoms with Gasteiger partial charge in [-0.2, -0.15) is 13.2 Å². The first kappa shape index (κ1) is 15.3. The molecule has 0 spiro atoms. The van der Waals surface area contributed by atoms with E-state index >= 15 is 0 Å². The molecule has 0 saturated carbocycles. The van der Waals surface area contributed by atoms with Crippen molar-refractivity contribution in [2.45, 2.75) is 19.1 Å². The van der Waals surface area contributed by atoms with Gasteiger partial charge in [-0.15, -0.1) is 0 Å². The number of rotatable bonds is 3. The molecule has 0 radical (unpaired) electrons. The lowest BCUT2D eigenvalue weighted by molar-refractivity contribution is -0.162. The van der Waals surface area contributed by atoms with Gasteiger partial charge in [-0.25, -0.2) is 9.18 Å². The molecule has 19 heavy (non-hydrogen) atoms. The molecular formula is C12H13F4NO2. The maximum absolute atomic E-state index is 12.7. The summed E-state index contributed by atoms with van der Waals surface area (Å²) in [7, 11) is 1.31. The van der Waals surface area contributed by atoms with Crippen LogP contribution in [0.5, 0.6) is 0 Å². The highest BCUT2D eigenvalue weighted by molar-refractivity contribution is 5.67. The van der Waals surface area contributed by atoms with E-state index in [1.165, 1.54) is 31.3 Å². The molecule has 1 rings (SSSR count). The van der Waals surface area contributed by atoms with Gasteiger partial charge in [-0.05, 0) is 24.6 Å². The number of hydrogen-bond acceptors (Lipinski definition) is 2. The number of nitrogens with zero attached hydrogens (tertiary/aromatic N) is 1. The molecule has 106 valence electrons. The van der Waals surface area contributed by atoms with Crippen LogP contribution in [-0.2, 0) is 4.74 Å². The largest absolute Gasteiger partial charge is 0.440 e. The van der Waals surface area contributed by atoms with E-state index in [1.807, 2.05) is 0 Å². The van der Waals surface area contributed by atoms with Gasteiger partial charge in [0.05, 0.1) is 6.04 Å². The van der Waals surface area contributed by atoms with Crippen molar-refractivity contribution in [3.63, 3.8) is 0 Å². The molecule has 1 atom stereocenters. The number of benzene rings is 1. The number of alkyl halides is 3. The third-order valence-electron chi connectivity index (χ3n) is 2.58. The van der Waals surface area contributed by atoms with Crippen LogP contribution in [-0.4, -0.2) is 30.8 Å². The van der Waals surface area contributed by atoms with Crippen LogP contribution in [0.2, 0.25) is 0 Å². The van der Waals surface area contributed by atoms with Crippen molar-refractivity contribution < 1.29 is 27.1 Å². The highest BCUT2D eigenvalue weighted by Gasteiger charge is 2.31. The van der Waals surface area contributed by atoms with Crippen molar-refractivity contribution >= 4 is 6.09 Å². The summed E-state index contributed by atoms with van der Waals surface area (Å²) in [5.74, 6) is -0.432. The molecule has 0 aliphatic rings. The predicted octanol–water partition coefficient (Wildman–Crippen LogP) is 3.52. The van der Waals surface area contributed by atoms with E-state index in [-0.39, 0.29) is 0 Å². The quantitative estimate of drug-likeness (QED) is 0.792. The molecule has 0 aliphatic heterocycles. The first-order valence-corrected chi connectivity index (χ1v) is 5.42. The SMILES string of the molecule is CC(c1ccc(F)cc1)N(C)C(=O)OCC(F)(F)F. The van der Waals surface area contributed by atoms with E-state index in [1.54, 1.807) is 6.92 Å². The maximum Gasteiger partial charge on any atom is 0.422 e. The van der Waals surface area contributed by atoms with Gasteiger partial charge in [-0.1, -0.05) is 12.1 Å². The Bertz CT molecular complexity index is 430. The molecule has 0 N–H and O–H groups in total. The zero-order chi connectivity index (χ0) is 14.6. The van der Waals surface area contributed by atoms with Gasteiger partial charge in [0.15, 0.2) is 6.61 Å². The Hall–Kier alpha value is -1.79. The molecule has 0 saturated heterocycles. The second-order valence-electron chi connectivity index (χ2n) is 4.01. The maximum atomic E-state index is 12.7. The van der Waals surface area contributed by atoms with Crippen LogP contribution in [0.1, 0.15) is 18.5 Å². The standard InChI is InChI=1S/C12H13F4NO2/c1-8(9-3-5-10(13)6-4-9)17(2)11(18)19-7-12(14,15)16/h3-6,8H,7H2,1-2H3. The van der Waals surface area contributed by atoms with Gasteiger partial charge in [0.25, 0.3) is 0 Å². The van der Waals surface area contributed by atoms with Crippen molar-refractivity contribution in [3.8, 4) is 0 Å². The van der Waals surface area contributed by atoms with Crippen molar-refractivity contribution in [3.05, 3.63) is 35.6 Å². The average molecular weight is 279 g/mol. The van der Waals surface area contributed by atoms with Gasteiger partial charge in [0, 0.05) is 7.05 Å². The lowest BCUT2D eigenvalue weighted by Gasteiger charge is -2.24. The summed E-state index contributed by atoms with van der Waals surface area (Å²) < 4.78 is 52.6. The minimum absolute atomic E-state index is 0.432. The van der Waals surface area contributed by atoms with Crippen LogP contribution in [0.25, 0.3) is 0 Å².